The molecule has 1 rings (SSSR count). The van der Waals surface area contributed by atoms with E-state index in [1.165, 1.54) is 0 Å². The molecule has 0 unspecified atom stereocenters. The Hall–Kier alpha value is -1.01. The highest BCUT2D eigenvalue weighted by atomic mass is 32.2. The predicted molar refractivity (Wildman–Crippen MR) is 61.0 cm³/mol. The summed E-state index contributed by atoms with van der Waals surface area (Å²) in [6.45, 7) is 0. The molecule has 1 aromatic carbocycles. The topological polar surface area (TPSA) is 55.4 Å². The van der Waals surface area contributed by atoms with Gasteiger partial charge in [0.2, 0.25) is 10.0 Å². The minimum atomic E-state index is -3.19. The average Bonchev–Trinajstić information content (AvgIpc) is 2.01. The van der Waals surface area contributed by atoms with Gasteiger partial charge in [0.1, 0.15) is 5.75 Å². The average molecular weight is 231 g/mol. The Morgan fingerprint density at radius 1 is 1.43 bits per heavy atom. The molecule has 0 atom stereocenters. The molecule has 0 spiro atoms. The van der Waals surface area contributed by atoms with Crippen molar-refractivity contribution in [1.29, 1.82) is 0 Å². The minimum absolute atomic E-state index is 0.582. The lowest BCUT2D eigenvalue weighted by Crippen LogP contribution is -2.13. The smallest absolute Gasteiger partial charge is 0.229 e. The zero-order chi connectivity index (χ0) is 10.8. The Bertz CT molecular complexity index is 430. The zero-order valence-corrected chi connectivity index (χ0v) is 11.2. The van der Waals surface area contributed by atoms with Crippen LogP contribution in [0, 0.1) is 0 Å². The first-order valence-corrected chi connectivity index (χ1v) is 6.94. The number of rotatable bonds is 3. The molecule has 14 heavy (non-hydrogen) atoms. The molecule has 0 aromatic heterocycles. The largest absolute Gasteiger partial charge is 0.497 e. The van der Waals surface area contributed by atoms with Gasteiger partial charge in [-0.05, 0) is 23.4 Å². The van der Waals surface area contributed by atoms with E-state index >= 15 is 0 Å². The van der Waals surface area contributed by atoms with Crippen molar-refractivity contribution in [3.05, 3.63) is 18.2 Å². The Morgan fingerprint density at radius 2 is 2.07 bits per heavy atom. The monoisotopic (exact) mass is 231 g/mol. The van der Waals surface area contributed by atoms with Crippen LogP contribution in [0.1, 0.15) is 0 Å². The van der Waals surface area contributed by atoms with E-state index in [0.717, 1.165) is 27.4 Å². The van der Waals surface area contributed by atoms with Crippen LogP contribution >= 0.6 is 0 Å². The summed E-state index contributed by atoms with van der Waals surface area (Å²) in [4.78, 5) is 0. The fourth-order valence-corrected chi connectivity index (χ4v) is 2.39. The third-order valence-corrected chi connectivity index (χ3v) is 3.09. The predicted octanol–water partition coefficient (Wildman–Crippen LogP) is -0.943. The van der Waals surface area contributed by atoms with Crippen LogP contribution in [0.2, 0.25) is 0 Å². The van der Waals surface area contributed by atoms with Crippen molar-refractivity contribution in [2.24, 2.45) is 0 Å². The van der Waals surface area contributed by atoms with Gasteiger partial charge in [-0.15, -0.1) is 0 Å². The van der Waals surface area contributed by atoms with Crippen molar-refractivity contribution >= 4 is 31.1 Å². The second kappa shape index (κ2) is 4.01. The van der Waals surface area contributed by atoms with Gasteiger partial charge in [-0.3, -0.25) is 4.72 Å². The summed E-state index contributed by atoms with van der Waals surface area (Å²) in [5.74, 6) is 0.802. The molecule has 0 saturated carbocycles. The van der Waals surface area contributed by atoms with Gasteiger partial charge in [0.25, 0.3) is 0 Å². The molecule has 0 radical (unpaired) electrons. The fraction of sp³-hybridized carbons (Fsp3) is 0.250. The lowest BCUT2D eigenvalue weighted by Gasteiger charge is -2.08. The van der Waals surface area contributed by atoms with Crippen molar-refractivity contribution in [3.63, 3.8) is 0 Å². The quantitative estimate of drug-likeness (QED) is 0.683. The number of anilines is 1. The molecule has 0 heterocycles. The van der Waals surface area contributed by atoms with Crippen LogP contribution in [0.4, 0.5) is 5.69 Å². The summed E-state index contributed by atoms with van der Waals surface area (Å²) in [5, 5.41) is 1.03. The third-order valence-electron chi connectivity index (χ3n) is 1.70. The fourth-order valence-electron chi connectivity index (χ4n) is 1.16. The molecule has 4 nitrogen and oxygen atoms in total. The molecule has 0 saturated heterocycles. The van der Waals surface area contributed by atoms with E-state index < -0.39 is 10.0 Å². The van der Waals surface area contributed by atoms with Crippen LogP contribution in [0.15, 0.2) is 18.2 Å². The number of nitrogens with one attached hydrogen (secondary N) is 1. The highest BCUT2D eigenvalue weighted by Crippen LogP contribution is 2.12. The number of ether oxygens (including phenoxy) is 1. The molecule has 0 aliphatic rings. The normalized spacial score (nSPS) is 11.3. The molecule has 6 heteroatoms. The molecule has 78 valence electrons. The van der Waals surface area contributed by atoms with Crippen LogP contribution in [-0.2, 0) is 10.0 Å². The van der Waals surface area contributed by atoms with Crippen LogP contribution in [-0.4, -0.2) is 32.0 Å². The Kier molecular flexibility index (Phi) is 3.17. The van der Waals surface area contributed by atoms with Crippen molar-refractivity contribution in [1.82, 2.24) is 0 Å². The molecule has 1 aromatic rings. The minimum Gasteiger partial charge on any atom is -0.497 e. The molecule has 0 aliphatic heterocycles. The van der Waals surface area contributed by atoms with Gasteiger partial charge in [-0.2, -0.15) is 0 Å². The Morgan fingerprint density at radius 3 is 2.50 bits per heavy atom. The third kappa shape index (κ3) is 3.04. The van der Waals surface area contributed by atoms with E-state index in [9.17, 15) is 8.42 Å². The zero-order valence-electron chi connectivity index (χ0n) is 8.37. The standard InChI is InChI=1S/C8H13NO3SSi/c1-12-7-4-3-6(5-8(7)14)9-13(2,10)11/h3-5,9H,1-2,14H3. The van der Waals surface area contributed by atoms with Crippen LogP contribution in [0.5, 0.6) is 5.75 Å². The Balaban J connectivity index is 2.98. The molecule has 0 aliphatic carbocycles. The van der Waals surface area contributed by atoms with Crippen molar-refractivity contribution in [2.75, 3.05) is 18.1 Å². The van der Waals surface area contributed by atoms with Gasteiger partial charge >= 0.3 is 0 Å². The van der Waals surface area contributed by atoms with E-state index in [1.54, 1.807) is 25.3 Å². The van der Waals surface area contributed by atoms with Gasteiger partial charge in [0.05, 0.1) is 13.4 Å². The van der Waals surface area contributed by atoms with E-state index in [1.807, 2.05) is 0 Å². The molecule has 0 bridgehead atoms. The van der Waals surface area contributed by atoms with E-state index in [-0.39, 0.29) is 0 Å². The van der Waals surface area contributed by atoms with Gasteiger partial charge in [0.15, 0.2) is 0 Å². The second-order valence-corrected chi connectivity index (χ2v) is 5.88. The SMILES string of the molecule is COc1ccc(NS(C)(=O)=O)cc1[SiH3]. The first kappa shape index (κ1) is 11.1. The van der Waals surface area contributed by atoms with Gasteiger partial charge in [-0.25, -0.2) is 8.42 Å². The maximum atomic E-state index is 10.9. The molecule has 0 fully saturated rings. The lowest BCUT2D eigenvalue weighted by atomic mass is 10.3. The van der Waals surface area contributed by atoms with Gasteiger partial charge in [0, 0.05) is 15.9 Å². The number of sulfonamides is 1. The maximum Gasteiger partial charge on any atom is 0.229 e. The van der Waals surface area contributed by atoms with E-state index in [4.69, 9.17) is 4.74 Å². The molecular formula is C8H13NO3SSi. The molecule has 0 amide bonds. The van der Waals surface area contributed by atoms with E-state index in [0.29, 0.717) is 5.69 Å². The highest BCUT2D eigenvalue weighted by Gasteiger charge is 2.03. The van der Waals surface area contributed by atoms with Gasteiger partial charge < -0.3 is 4.74 Å². The first-order chi connectivity index (χ1) is 6.42. The number of hydrogen-bond donors (Lipinski definition) is 1. The highest BCUT2D eigenvalue weighted by molar-refractivity contribution is 7.92. The van der Waals surface area contributed by atoms with Crippen LogP contribution in [0.3, 0.4) is 0 Å². The lowest BCUT2D eigenvalue weighted by molar-refractivity contribution is 0.418. The van der Waals surface area contributed by atoms with Gasteiger partial charge in [-0.1, -0.05) is 0 Å². The summed E-state index contributed by atoms with van der Waals surface area (Å²) in [6.07, 6.45) is 1.13. The van der Waals surface area contributed by atoms with E-state index in [2.05, 4.69) is 4.72 Å². The van der Waals surface area contributed by atoms with Crippen molar-refractivity contribution in [2.45, 2.75) is 0 Å². The summed E-state index contributed by atoms with van der Waals surface area (Å²) in [6, 6.07) is 5.23. The Labute approximate surface area is 86.8 Å². The molecular weight excluding hydrogens is 218 g/mol. The number of benzene rings is 1. The number of hydrogen-bond acceptors (Lipinski definition) is 3. The maximum absolute atomic E-state index is 10.9. The number of methoxy groups -OCH3 is 1. The van der Waals surface area contributed by atoms with Crippen LogP contribution < -0.4 is 14.6 Å². The second-order valence-electron chi connectivity index (χ2n) is 3.06. The summed E-state index contributed by atoms with van der Waals surface area (Å²) in [7, 11) is -0.776. The van der Waals surface area contributed by atoms with Crippen molar-refractivity contribution < 1.29 is 13.2 Å². The summed E-state index contributed by atoms with van der Waals surface area (Å²) < 4.78 is 29.4. The molecule has 1 N–H and O–H groups in total. The summed E-state index contributed by atoms with van der Waals surface area (Å²) in [5.41, 5.74) is 0.582. The first-order valence-electron chi connectivity index (χ1n) is 4.05. The van der Waals surface area contributed by atoms with Crippen molar-refractivity contribution in [3.8, 4) is 5.75 Å². The summed E-state index contributed by atoms with van der Waals surface area (Å²) >= 11 is 0. The van der Waals surface area contributed by atoms with Crippen LogP contribution in [0.25, 0.3) is 0 Å².